The maximum absolute atomic E-state index is 11.9. The van der Waals surface area contributed by atoms with Crippen LogP contribution in [0.2, 0.25) is 0 Å². The first-order valence-corrected chi connectivity index (χ1v) is 10.4. The number of nitrogens with zero attached hydrogens (tertiary/aromatic N) is 1. The van der Waals surface area contributed by atoms with Crippen molar-refractivity contribution in [2.45, 2.75) is 53.0 Å². The molecule has 0 aliphatic carbocycles. The van der Waals surface area contributed by atoms with E-state index in [2.05, 4.69) is 31.1 Å². The molecule has 0 bridgehead atoms. The van der Waals surface area contributed by atoms with E-state index in [1.165, 1.54) is 24.9 Å². The van der Waals surface area contributed by atoms with Gasteiger partial charge in [0.05, 0.1) is 12.3 Å². The van der Waals surface area contributed by atoms with Gasteiger partial charge in [0, 0.05) is 23.6 Å². The van der Waals surface area contributed by atoms with Crippen LogP contribution in [0.15, 0.2) is 23.6 Å². The van der Waals surface area contributed by atoms with Crippen LogP contribution in [0.4, 0.5) is 5.13 Å². The minimum absolute atomic E-state index is 0.0413. The molecule has 0 aliphatic rings. The van der Waals surface area contributed by atoms with Gasteiger partial charge in [-0.3, -0.25) is 9.59 Å². The minimum atomic E-state index is -0.741. The third kappa shape index (κ3) is 7.14. The molecule has 2 aromatic rings. The van der Waals surface area contributed by atoms with E-state index < -0.39 is 6.04 Å². The lowest BCUT2D eigenvalue weighted by molar-refractivity contribution is -0.118. The zero-order valence-corrected chi connectivity index (χ0v) is 18.2. The summed E-state index contributed by atoms with van der Waals surface area (Å²) < 4.78 is 4.87. The lowest BCUT2D eigenvalue weighted by Crippen LogP contribution is -2.39. The predicted molar refractivity (Wildman–Crippen MR) is 116 cm³/mol. The molecule has 1 amide bonds. The molecule has 0 spiro atoms. The van der Waals surface area contributed by atoms with Crippen LogP contribution < -0.4 is 11.1 Å². The van der Waals surface area contributed by atoms with Gasteiger partial charge in [-0.25, -0.2) is 4.98 Å². The number of aryl methyl sites for hydroxylation is 1. The van der Waals surface area contributed by atoms with Crippen LogP contribution in [0, 0.1) is 0 Å². The Morgan fingerprint density at radius 3 is 2.54 bits per heavy atom. The molecule has 3 N–H and O–H groups in total. The van der Waals surface area contributed by atoms with Crippen molar-refractivity contribution >= 4 is 28.2 Å². The average Bonchev–Trinajstić information content (AvgIpc) is 3.11. The molecule has 0 saturated heterocycles. The van der Waals surface area contributed by atoms with E-state index in [-0.39, 0.29) is 18.3 Å². The first kappa shape index (κ1) is 23.9. The number of benzene rings is 1. The van der Waals surface area contributed by atoms with E-state index in [0.717, 1.165) is 29.5 Å². The average molecular weight is 406 g/mol. The maximum Gasteiger partial charge on any atom is 0.245 e. The van der Waals surface area contributed by atoms with E-state index in [4.69, 9.17) is 10.5 Å². The van der Waals surface area contributed by atoms with Crippen LogP contribution in [0.3, 0.4) is 0 Å². The summed E-state index contributed by atoms with van der Waals surface area (Å²) in [7, 11) is 1.49. The van der Waals surface area contributed by atoms with Crippen molar-refractivity contribution in [2.24, 2.45) is 5.73 Å². The van der Waals surface area contributed by atoms with Crippen LogP contribution in [-0.2, 0) is 16.0 Å². The predicted octanol–water partition coefficient (Wildman–Crippen LogP) is 4.29. The molecule has 1 aromatic heterocycles. The Labute approximate surface area is 171 Å². The van der Waals surface area contributed by atoms with Crippen molar-refractivity contribution in [3.63, 3.8) is 0 Å². The monoisotopic (exact) mass is 405 g/mol. The van der Waals surface area contributed by atoms with Gasteiger partial charge < -0.3 is 15.8 Å². The lowest BCUT2D eigenvalue weighted by Gasteiger charge is -2.09. The Morgan fingerprint density at radius 1 is 1.29 bits per heavy atom. The number of amides is 1. The number of carbonyl (C=O) groups excluding carboxylic acids is 2. The first-order valence-electron chi connectivity index (χ1n) is 9.52. The minimum Gasteiger partial charge on any atom is -0.383 e. The van der Waals surface area contributed by atoms with Gasteiger partial charge in [0.15, 0.2) is 10.9 Å². The zero-order valence-electron chi connectivity index (χ0n) is 17.4. The summed E-state index contributed by atoms with van der Waals surface area (Å²) in [6.45, 7) is 8.05. The van der Waals surface area contributed by atoms with Gasteiger partial charge >= 0.3 is 0 Å². The van der Waals surface area contributed by atoms with E-state index in [1.807, 2.05) is 23.6 Å². The van der Waals surface area contributed by atoms with Crippen LogP contribution in [-0.4, -0.2) is 36.4 Å². The van der Waals surface area contributed by atoms with Gasteiger partial charge in [-0.2, -0.15) is 0 Å². The summed E-state index contributed by atoms with van der Waals surface area (Å²) in [4.78, 5) is 28.2. The molecule has 0 radical (unpaired) electrons. The SMILES string of the molecule is CCC.CCCc1ccc(-c2csc(NC(=O)C(N)COC)n2)cc1C(C)=O. The number of carbonyl (C=O) groups is 2. The zero-order chi connectivity index (χ0) is 21.1. The van der Waals surface area contributed by atoms with Gasteiger partial charge in [0.25, 0.3) is 0 Å². The molecule has 28 heavy (non-hydrogen) atoms. The molecule has 0 fully saturated rings. The molecular weight excluding hydrogens is 374 g/mol. The summed E-state index contributed by atoms with van der Waals surface area (Å²) in [5.41, 5.74) is 9.03. The Morgan fingerprint density at radius 2 is 1.96 bits per heavy atom. The Bertz CT molecular complexity index is 774. The van der Waals surface area contributed by atoms with Crippen LogP contribution in [0.1, 0.15) is 56.5 Å². The molecule has 1 unspecified atom stereocenters. The van der Waals surface area contributed by atoms with E-state index in [9.17, 15) is 9.59 Å². The van der Waals surface area contributed by atoms with Crippen molar-refractivity contribution in [3.05, 3.63) is 34.7 Å². The van der Waals surface area contributed by atoms with Gasteiger partial charge in [0.2, 0.25) is 5.91 Å². The molecule has 1 aromatic carbocycles. The number of hydrogen-bond donors (Lipinski definition) is 2. The standard InChI is InChI=1S/C18H23N3O3S.C3H8/c1-4-5-12-6-7-13(8-14(12)11(2)22)16-10-25-18(20-16)21-17(23)15(19)9-24-3;1-3-2/h6-8,10,15H,4-5,9,19H2,1-3H3,(H,20,21,23);3H2,1-2H3. The molecule has 1 atom stereocenters. The van der Waals surface area contributed by atoms with Crippen molar-refractivity contribution in [3.8, 4) is 11.3 Å². The highest BCUT2D eigenvalue weighted by atomic mass is 32.1. The second-order valence-electron chi connectivity index (χ2n) is 6.47. The second-order valence-corrected chi connectivity index (χ2v) is 7.33. The Hall–Kier alpha value is -2.09. The van der Waals surface area contributed by atoms with Crippen molar-refractivity contribution in [1.82, 2.24) is 4.98 Å². The summed E-state index contributed by atoms with van der Waals surface area (Å²) in [5, 5.41) is 4.99. The van der Waals surface area contributed by atoms with E-state index in [1.54, 1.807) is 6.92 Å². The fraction of sp³-hybridized carbons (Fsp3) is 0.476. The number of methoxy groups -OCH3 is 1. The van der Waals surface area contributed by atoms with E-state index >= 15 is 0 Å². The summed E-state index contributed by atoms with van der Waals surface area (Å²) in [6, 6.07) is 5.05. The molecule has 6 nitrogen and oxygen atoms in total. The highest BCUT2D eigenvalue weighted by Gasteiger charge is 2.16. The van der Waals surface area contributed by atoms with Gasteiger partial charge in [-0.05, 0) is 25.0 Å². The van der Waals surface area contributed by atoms with Gasteiger partial charge in [0.1, 0.15) is 6.04 Å². The molecule has 2 rings (SSSR count). The smallest absolute Gasteiger partial charge is 0.245 e. The molecule has 0 saturated carbocycles. The second kappa shape index (κ2) is 12.4. The summed E-state index contributed by atoms with van der Waals surface area (Å²) in [6.07, 6.45) is 3.10. The lowest BCUT2D eigenvalue weighted by atomic mass is 9.97. The summed E-state index contributed by atoms with van der Waals surface area (Å²) in [5.74, 6) is -0.301. The van der Waals surface area contributed by atoms with Crippen LogP contribution in [0.25, 0.3) is 11.3 Å². The molecule has 0 aliphatic heterocycles. The normalized spacial score (nSPS) is 11.4. The number of anilines is 1. The fourth-order valence-corrected chi connectivity index (χ4v) is 3.19. The summed E-state index contributed by atoms with van der Waals surface area (Å²) >= 11 is 1.31. The third-order valence-electron chi connectivity index (χ3n) is 3.72. The molecule has 154 valence electrons. The van der Waals surface area contributed by atoms with Gasteiger partial charge in [-0.1, -0.05) is 45.7 Å². The number of nitrogens with two attached hydrogens (primary N) is 1. The fourth-order valence-electron chi connectivity index (χ4n) is 2.47. The number of nitrogens with one attached hydrogen (secondary N) is 1. The quantitative estimate of drug-likeness (QED) is 0.639. The number of thiazole rings is 1. The highest BCUT2D eigenvalue weighted by Crippen LogP contribution is 2.27. The van der Waals surface area contributed by atoms with Crippen molar-refractivity contribution in [2.75, 3.05) is 19.0 Å². The number of rotatable bonds is 8. The van der Waals surface area contributed by atoms with Crippen LogP contribution in [0.5, 0.6) is 0 Å². The number of aromatic nitrogens is 1. The van der Waals surface area contributed by atoms with Gasteiger partial charge in [-0.15, -0.1) is 11.3 Å². The number of ketones is 1. The number of Topliss-reactive ketones (excluding diaryl/α,β-unsaturated/α-hetero) is 1. The Kier molecular flexibility index (Phi) is 10.6. The molecule has 1 heterocycles. The maximum atomic E-state index is 11.9. The largest absolute Gasteiger partial charge is 0.383 e. The number of hydrogen-bond acceptors (Lipinski definition) is 6. The highest BCUT2D eigenvalue weighted by molar-refractivity contribution is 7.14. The van der Waals surface area contributed by atoms with Crippen molar-refractivity contribution in [1.29, 1.82) is 0 Å². The first-order chi connectivity index (χ1) is 13.4. The molecular formula is C21H31N3O3S. The van der Waals surface area contributed by atoms with Crippen molar-refractivity contribution < 1.29 is 14.3 Å². The Balaban J connectivity index is 0.00000122. The molecule has 7 heteroatoms. The van der Waals surface area contributed by atoms with E-state index in [0.29, 0.717) is 10.8 Å². The number of ether oxygens (including phenoxy) is 1. The topological polar surface area (TPSA) is 94.3 Å². The van der Waals surface area contributed by atoms with Crippen LogP contribution >= 0.6 is 11.3 Å². The third-order valence-corrected chi connectivity index (χ3v) is 4.48.